The van der Waals surface area contributed by atoms with Crippen LogP contribution in [0.3, 0.4) is 0 Å². The summed E-state index contributed by atoms with van der Waals surface area (Å²) < 4.78 is 0. The molecule has 1 amide bonds. The molecule has 0 aromatic carbocycles. The second-order valence-corrected chi connectivity index (χ2v) is 18.2. The van der Waals surface area contributed by atoms with Crippen molar-refractivity contribution in [3.63, 3.8) is 0 Å². The third-order valence-electron chi connectivity index (χ3n) is 12.5. The van der Waals surface area contributed by atoms with Gasteiger partial charge in [0, 0.05) is 0 Å². The monoisotopic (exact) mass is 822 g/mol. The van der Waals surface area contributed by atoms with Gasteiger partial charge in [-0.05, 0) is 38.5 Å². The lowest BCUT2D eigenvalue weighted by atomic mass is 10.00. The van der Waals surface area contributed by atoms with Crippen LogP contribution in [0.2, 0.25) is 0 Å². The van der Waals surface area contributed by atoms with Crippen molar-refractivity contribution in [3.05, 3.63) is 12.2 Å². The van der Waals surface area contributed by atoms with Gasteiger partial charge in [-0.25, -0.2) is 0 Å². The van der Waals surface area contributed by atoms with Crippen LogP contribution in [-0.2, 0) is 4.79 Å². The molecule has 5 N–H and O–H groups in total. The average molecular weight is 822 g/mol. The Hall–Kier alpha value is -0.950. The van der Waals surface area contributed by atoms with E-state index in [0.29, 0.717) is 12.8 Å². The molecule has 0 aliphatic carbocycles. The van der Waals surface area contributed by atoms with Gasteiger partial charge in [0.15, 0.2) is 0 Å². The maximum Gasteiger partial charge on any atom is 0.249 e. The predicted octanol–water partition coefficient (Wildman–Crippen LogP) is 14.5. The number of allylic oxidation sites excluding steroid dienone is 2. The van der Waals surface area contributed by atoms with Gasteiger partial charge < -0.3 is 25.7 Å². The fraction of sp³-hybridized carbons (Fsp3) is 0.942. The Labute approximate surface area is 362 Å². The third kappa shape index (κ3) is 40.5. The van der Waals surface area contributed by atoms with Gasteiger partial charge in [0.05, 0.1) is 18.8 Å². The normalized spacial score (nSPS) is 14.0. The number of aliphatic hydroxyl groups excluding tert-OH is 4. The molecular weight excluding hydrogens is 719 g/mol. The van der Waals surface area contributed by atoms with Gasteiger partial charge in [-0.1, -0.05) is 257 Å². The van der Waals surface area contributed by atoms with Crippen molar-refractivity contribution < 1.29 is 25.2 Å². The summed E-state index contributed by atoms with van der Waals surface area (Å²) in [4.78, 5) is 12.6. The molecule has 4 unspecified atom stereocenters. The molecule has 0 aromatic heterocycles. The van der Waals surface area contributed by atoms with E-state index in [1.54, 1.807) is 0 Å². The third-order valence-corrected chi connectivity index (χ3v) is 12.5. The molecule has 0 fully saturated rings. The van der Waals surface area contributed by atoms with Crippen LogP contribution in [0.5, 0.6) is 0 Å². The highest BCUT2D eigenvalue weighted by molar-refractivity contribution is 5.80. The minimum Gasteiger partial charge on any atom is -0.394 e. The lowest BCUT2D eigenvalue weighted by molar-refractivity contribution is -0.132. The first-order valence-corrected chi connectivity index (χ1v) is 26.1. The van der Waals surface area contributed by atoms with Crippen molar-refractivity contribution in [1.82, 2.24) is 5.32 Å². The summed E-state index contributed by atoms with van der Waals surface area (Å²) in [5.41, 5.74) is 0. The number of nitrogens with one attached hydrogen (secondary N) is 1. The smallest absolute Gasteiger partial charge is 0.249 e. The zero-order valence-electron chi connectivity index (χ0n) is 39.1. The molecule has 0 spiro atoms. The molecule has 0 saturated carbocycles. The summed E-state index contributed by atoms with van der Waals surface area (Å²) >= 11 is 0. The Morgan fingerprint density at radius 2 is 0.707 bits per heavy atom. The quantitative estimate of drug-likeness (QED) is 0.0310. The molecule has 0 aliphatic rings. The molecule has 58 heavy (non-hydrogen) atoms. The van der Waals surface area contributed by atoms with Crippen LogP contribution in [0.25, 0.3) is 0 Å². The zero-order valence-corrected chi connectivity index (χ0v) is 39.1. The molecule has 6 heteroatoms. The van der Waals surface area contributed by atoms with E-state index in [1.807, 2.05) is 0 Å². The molecule has 0 radical (unpaired) electrons. The van der Waals surface area contributed by atoms with Crippen molar-refractivity contribution in [2.75, 3.05) is 6.61 Å². The molecule has 4 atom stereocenters. The maximum absolute atomic E-state index is 12.6. The second kappa shape index (κ2) is 47.1. The van der Waals surface area contributed by atoms with E-state index in [-0.39, 0.29) is 0 Å². The fourth-order valence-electron chi connectivity index (χ4n) is 8.35. The van der Waals surface area contributed by atoms with E-state index < -0.39 is 36.9 Å². The predicted molar refractivity (Wildman–Crippen MR) is 251 cm³/mol. The fourth-order valence-corrected chi connectivity index (χ4v) is 8.35. The van der Waals surface area contributed by atoms with Crippen LogP contribution >= 0.6 is 0 Å². The molecule has 0 aliphatic heterocycles. The summed E-state index contributed by atoms with van der Waals surface area (Å²) in [7, 11) is 0. The highest BCUT2D eigenvalue weighted by Crippen LogP contribution is 2.17. The van der Waals surface area contributed by atoms with Gasteiger partial charge in [-0.3, -0.25) is 4.79 Å². The van der Waals surface area contributed by atoms with Crippen molar-refractivity contribution in [2.24, 2.45) is 0 Å². The largest absolute Gasteiger partial charge is 0.394 e. The minimum absolute atomic E-state index is 0.368. The number of hydrogen-bond acceptors (Lipinski definition) is 5. The summed E-state index contributed by atoms with van der Waals surface area (Å²) in [5, 5.41) is 43.9. The number of carbonyl (C=O) groups is 1. The van der Waals surface area contributed by atoms with Crippen LogP contribution in [-0.4, -0.2) is 57.3 Å². The lowest BCUT2D eigenvalue weighted by Gasteiger charge is -2.27. The zero-order chi connectivity index (χ0) is 42.4. The topological polar surface area (TPSA) is 110 Å². The number of amides is 1. The molecule has 0 saturated heterocycles. The van der Waals surface area contributed by atoms with Crippen molar-refractivity contribution in [2.45, 2.75) is 308 Å². The SMILES string of the molecule is CCCCCCCCCCCCCCCCCCCCC/C=C/CCCC(O)C(O)C(CO)NC(=O)C(O)CCCCCCCCCCCCCCCCCCCC. The number of unbranched alkanes of at least 4 members (excludes halogenated alkanes) is 37. The second-order valence-electron chi connectivity index (χ2n) is 18.2. The highest BCUT2D eigenvalue weighted by Gasteiger charge is 2.28. The Balaban J connectivity index is 3.66. The van der Waals surface area contributed by atoms with Crippen LogP contribution in [0.1, 0.15) is 284 Å². The van der Waals surface area contributed by atoms with Crippen molar-refractivity contribution in [1.29, 1.82) is 0 Å². The Kier molecular flexibility index (Phi) is 46.3. The first-order chi connectivity index (χ1) is 28.5. The molecular formula is C52H103NO5. The summed E-state index contributed by atoms with van der Waals surface area (Å²) in [6, 6.07) is -0.998. The van der Waals surface area contributed by atoms with Gasteiger partial charge in [0.25, 0.3) is 0 Å². The number of hydrogen-bond donors (Lipinski definition) is 5. The molecule has 0 heterocycles. The lowest BCUT2D eigenvalue weighted by Crippen LogP contribution is -2.53. The molecule has 0 bridgehead atoms. The van der Waals surface area contributed by atoms with E-state index in [0.717, 1.165) is 38.5 Å². The van der Waals surface area contributed by atoms with E-state index >= 15 is 0 Å². The average Bonchev–Trinajstić information content (AvgIpc) is 3.23. The van der Waals surface area contributed by atoms with Crippen LogP contribution in [0.4, 0.5) is 0 Å². The van der Waals surface area contributed by atoms with Gasteiger partial charge >= 0.3 is 0 Å². The van der Waals surface area contributed by atoms with Crippen LogP contribution < -0.4 is 5.32 Å². The Morgan fingerprint density at radius 1 is 0.414 bits per heavy atom. The van der Waals surface area contributed by atoms with Crippen LogP contribution in [0.15, 0.2) is 12.2 Å². The minimum atomic E-state index is -1.28. The Morgan fingerprint density at radius 3 is 1.03 bits per heavy atom. The molecule has 6 nitrogen and oxygen atoms in total. The van der Waals surface area contributed by atoms with Gasteiger partial charge in [-0.2, -0.15) is 0 Å². The van der Waals surface area contributed by atoms with E-state index in [2.05, 4.69) is 31.3 Å². The van der Waals surface area contributed by atoms with Crippen molar-refractivity contribution in [3.8, 4) is 0 Å². The Bertz CT molecular complexity index is 837. The van der Waals surface area contributed by atoms with Crippen molar-refractivity contribution >= 4 is 5.91 Å². The summed E-state index contributed by atoms with van der Waals surface area (Å²) in [6.45, 7) is 4.07. The summed E-state index contributed by atoms with van der Waals surface area (Å²) in [6.07, 6.45) is 54.1. The standard InChI is InChI=1S/C52H103NO5/c1-3-5-7-9-11-13-15-17-19-21-23-24-25-26-27-28-30-31-33-35-37-39-41-43-45-49(55)51(57)48(47-54)53-52(58)50(56)46-44-42-40-38-36-34-32-29-22-20-18-16-14-12-10-8-6-4-2/h37,39,48-51,54-57H,3-36,38,40-47H2,1-2H3,(H,53,58)/b39-37+. The van der Waals surface area contributed by atoms with Gasteiger partial charge in [0.1, 0.15) is 12.2 Å². The number of carbonyl (C=O) groups excluding carboxylic acids is 1. The highest BCUT2D eigenvalue weighted by atomic mass is 16.3. The molecule has 346 valence electrons. The van der Waals surface area contributed by atoms with E-state index in [9.17, 15) is 25.2 Å². The molecule has 0 rings (SSSR count). The van der Waals surface area contributed by atoms with E-state index in [4.69, 9.17) is 0 Å². The molecule has 0 aromatic rings. The van der Waals surface area contributed by atoms with Crippen LogP contribution in [0, 0.1) is 0 Å². The first kappa shape index (κ1) is 57.1. The first-order valence-electron chi connectivity index (χ1n) is 26.1. The van der Waals surface area contributed by atoms with Gasteiger partial charge in [-0.15, -0.1) is 0 Å². The van der Waals surface area contributed by atoms with Gasteiger partial charge in [0.2, 0.25) is 5.91 Å². The number of rotatable bonds is 48. The van der Waals surface area contributed by atoms with E-state index in [1.165, 1.54) is 218 Å². The summed E-state index contributed by atoms with van der Waals surface area (Å²) in [5.74, 6) is -0.588. The number of aliphatic hydroxyl groups is 4. The maximum atomic E-state index is 12.6.